The van der Waals surface area contributed by atoms with Crippen molar-refractivity contribution in [3.8, 4) is 0 Å². The van der Waals surface area contributed by atoms with Gasteiger partial charge in [-0.1, -0.05) is 40.2 Å². The highest BCUT2D eigenvalue weighted by atomic mass is 79.9. The Morgan fingerprint density at radius 1 is 1.20 bits per heavy atom. The molecular formula is C16H15BrN2O. The van der Waals surface area contributed by atoms with Gasteiger partial charge in [0, 0.05) is 29.7 Å². The minimum atomic E-state index is 0.00598. The second kappa shape index (κ2) is 4.94. The van der Waals surface area contributed by atoms with Crippen molar-refractivity contribution in [1.29, 1.82) is 0 Å². The molecule has 2 N–H and O–H groups in total. The first kappa shape index (κ1) is 13.2. The maximum Gasteiger partial charge on any atom is 0.256 e. The van der Waals surface area contributed by atoms with Crippen LogP contribution in [-0.2, 0) is 0 Å². The van der Waals surface area contributed by atoms with Gasteiger partial charge < -0.3 is 10.6 Å². The molecule has 1 unspecified atom stereocenters. The number of halogens is 1. The van der Waals surface area contributed by atoms with Crippen molar-refractivity contribution in [1.82, 2.24) is 4.90 Å². The van der Waals surface area contributed by atoms with Crippen molar-refractivity contribution < 1.29 is 4.79 Å². The predicted octanol–water partition coefficient (Wildman–Crippen LogP) is 3.25. The molecule has 0 saturated carbocycles. The molecule has 2 aromatic rings. The maximum absolute atomic E-state index is 12.3. The fourth-order valence-electron chi connectivity index (χ4n) is 2.75. The number of hydrogen-bond donors (Lipinski definition) is 1. The average molecular weight is 331 g/mol. The molecule has 1 aliphatic rings. The smallest absolute Gasteiger partial charge is 0.256 e. The Hall–Kier alpha value is -1.81. The van der Waals surface area contributed by atoms with E-state index in [1.807, 2.05) is 31.3 Å². The fraction of sp³-hybridized carbons (Fsp3) is 0.188. The molecule has 0 saturated heterocycles. The van der Waals surface area contributed by atoms with Crippen LogP contribution in [0.15, 0.2) is 46.9 Å². The van der Waals surface area contributed by atoms with Gasteiger partial charge in [-0.2, -0.15) is 0 Å². The summed E-state index contributed by atoms with van der Waals surface area (Å²) in [6.45, 7) is 0.677. The molecule has 3 nitrogen and oxygen atoms in total. The Morgan fingerprint density at radius 3 is 2.60 bits per heavy atom. The van der Waals surface area contributed by atoms with Crippen LogP contribution in [0.25, 0.3) is 0 Å². The topological polar surface area (TPSA) is 46.3 Å². The number of nitrogen functional groups attached to an aromatic ring is 1. The Bertz CT molecular complexity index is 667. The lowest BCUT2D eigenvalue weighted by atomic mass is 9.84. The summed E-state index contributed by atoms with van der Waals surface area (Å²) in [5.41, 5.74) is 9.42. The van der Waals surface area contributed by atoms with Gasteiger partial charge in [-0.05, 0) is 29.3 Å². The first-order chi connectivity index (χ1) is 9.58. The highest BCUT2D eigenvalue weighted by Gasteiger charge is 2.31. The number of rotatable bonds is 1. The lowest BCUT2D eigenvalue weighted by Gasteiger charge is -2.33. The summed E-state index contributed by atoms with van der Waals surface area (Å²) in [5, 5.41) is 0. The normalized spacial score (nSPS) is 18.0. The number of carbonyl (C=O) groups excluding carboxylic acids is 1. The summed E-state index contributed by atoms with van der Waals surface area (Å²) in [6, 6.07) is 13.9. The van der Waals surface area contributed by atoms with Crippen LogP contribution < -0.4 is 5.73 Å². The van der Waals surface area contributed by atoms with Gasteiger partial charge in [0.15, 0.2) is 0 Å². The van der Waals surface area contributed by atoms with Gasteiger partial charge >= 0.3 is 0 Å². The summed E-state index contributed by atoms with van der Waals surface area (Å²) < 4.78 is 1.05. The monoisotopic (exact) mass is 330 g/mol. The quantitative estimate of drug-likeness (QED) is 0.816. The number of nitrogens with zero attached hydrogens (tertiary/aromatic N) is 1. The molecule has 20 heavy (non-hydrogen) atoms. The lowest BCUT2D eigenvalue weighted by molar-refractivity contribution is 0.0773. The number of likely N-dealkylation sites (N-methyl/N-ethyl adjacent to an activating group) is 1. The van der Waals surface area contributed by atoms with Crippen LogP contribution in [0.5, 0.6) is 0 Å². The third-order valence-corrected chi connectivity index (χ3v) is 4.32. The van der Waals surface area contributed by atoms with Crippen molar-refractivity contribution in [2.75, 3.05) is 19.3 Å². The Balaban J connectivity index is 2.15. The second-order valence-corrected chi connectivity index (χ2v) is 6.02. The van der Waals surface area contributed by atoms with Crippen molar-refractivity contribution in [2.24, 2.45) is 0 Å². The second-order valence-electron chi connectivity index (χ2n) is 5.10. The summed E-state index contributed by atoms with van der Waals surface area (Å²) in [6.07, 6.45) is 0. The van der Waals surface area contributed by atoms with Gasteiger partial charge in [-0.15, -0.1) is 0 Å². The molecule has 3 rings (SSSR count). The van der Waals surface area contributed by atoms with Crippen molar-refractivity contribution in [3.05, 3.63) is 63.6 Å². The number of benzene rings is 2. The lowest BCUT2D eigenvalue weighted by Crippen LogP contribution is -2.37. The van der Waals surface area contributed by atoms with Gasteiger partial charge in [-0.25, -0.2) is 0 Å². The highest BCUT2D eigenvalue weighted by molar-refractivity contribution is 9.10. The van der Waals surface area contributed by atoms with E-state index in [2.05, 4.69) is 28.1 Å². The maximum atomic E-state index is 12.3. The zero-order valence-electron chi connectivity index (χ0n) is 11.1. The van der Waals surface area contributed by atoms with E-state index in [1.54, 1.807) is 11.0 Å². The molecule has 4 heteroatoms. The number of amides is 1. The van der Waals surface area contributed by atoms with Crippen LogP contribution in [0.2, 0.25) is 0 Å². The molecule has 1 atom stereocenters. The SMILES string of the molecule is CN1CC(c2ccc(Br)cc2)c2cccc(N)c2C1=O. The van der Waals surface area contributed by atoms with Gasteiger partial charge in [0.1, 0.15) is 0 Å². The largest absolute Gasteiger partial charge is 0.398 e. The van der Waals surface area contributed by atoms with Gasteiger partial charge in [0.2, 0.25) is 0 Å². The van der Waals surface area contributed by atoms with Crippen LogP contribution in [0.3, 0.4) is 0 Å². The minimum absolute atomic E-state index is 0.00598. The summed E-state index contributed by atoms with van der Waals surface area (Å²) in [4.78, 5) is 14.0. The number of fused-ring (bicyclic) bond motifs is 1. The van der Waals surface area contributed by atoms with Crippen LogP contribution in [-0.4, -0.2) is 24.4 Å². The number of carbonyl (C=O) groups is 1. The van der Waals surface area contributed by atoms with E-state index in [4.69, 9.17) is 5.73 Å². The van der Waals surface area contributed by atoms with E-state index in [9.17, 15) is 4.79 Å². The Labute approximate surface area is 126 Å². The summed E-state index contributed by atoms with van der Waals surface area (Å²) >= 11 is 3.45. The van der Waals surface area contributed by atoms with Gasteiger partial charge in [0.25, 0.3) is 5.91 Å². The Morgan fingerprint density at radius 2 is 1.90 bits per heavy atom. The molecular weight excluding hydrogens is 316 g/mol. The van der Waals surface area contributed by atoms with Gasteiger partial charge in [-0.3, -0.25) is 4.79 Å². The van der Waals surface area contributed by atoms with E-state index in [1.165, 1.54) is 5.56 Å². The number of nitrogens with two attached hydrogens (primary N) is 1. The van der Waals surface area contributed by atoms with Crippen molar-refractivity contribution >= 4 is 27.5 Å². The molecule has 0 radical (unpaired) electrons. The molecule has 0 aliphatic carbocycles. The predicted molar refractivity (Wildman–Crippen MR) is 83.8 cm³/mol. The van der Waals surface area contributed by atoms with E-state index in [0.29, 0.717) is 17.8 Å². The average Bonchev–Trinajstić information content (AvgIpc) is 2.44. The Kier molecular flexibility index (Phi) is 3.26. The molecule has 1 heterocycles. The van der Waals surface area contributed by atoms with Crippen LogP contribution in [0.1, 0.15) is 27.4 Å². The molecule has 0 aromatic heterocycles. The van der Waals surface area contributed by atoms with E-state index >= 15 is 0 Å². The highest BCUT2D eigenvalue weighted by Crippen LogP contribution is 2.35. The number of hydrogen-bond acceptors (Lipinski definition) is 2. The van der Waals surface area contributed by atoms with Crippen LogP contribution in [0, 0.1) is 0 Å². The zero-order valence-corrected chi connectivity index (χ0v) is 12.7. The first-order valence-corrected chi connectivity index (χ1v) is 7.26. The minimum Gasteiger partial charge on any atom is -0.398 e. The van der Waals surface area contributed by atoms with Crippen LogP contribution in [0.4, 0.5) is 5.69 Å². The summed E-state index contributed by atoms with van der Waals surface area (Å²) in [5.74, 6) is 0.177. The van der Waals surface area contributed by atoms with Crippen molar-refractivity contribution in [3.63, 3.8) is 0 Å². The van der Waals surface area contributed by atoms with Gasteiger partial charge in [0.05, 0.1) is 5.56 Å². The number of anilines is 1. The van der Waals surface area contributed by atoms with E-state index in [0.717, 1.165) is 10.0 Å². The molecule has 0 fully saturated rings. The molecule has 0 spiro atoms. The standard InChI is InChI=1S/C16H15BrN2O/c1-19-9-13(10-5-7-11(17)8-6-10)12-3-2-4-14(18)15(12)16(19)20/h2-8,13H,9,18H2,1H3. The van der Waals surface area contributed by atoms with Crippen LogP contribution >= 0.6 is 15.9 Å². The summed E-state index contributed by atoms with van der Waals surface area (Å²) in [7, 11) is 1.82. The third-order valence-electron chi connectivity index (χ3n) is 3.79. The molecule has 2 aromatic carbocycles. The fourth-order valence-corrected chi connectivity index (χ4v) is 3.02. The molecule has 102 valence electrons. The molecule has 1 aliphatic heterocycles. The third kappa shape index (κ3) is 2.10. The van der Waals surface area contributed by atoms with E-state index < -0.39 is 0 Å². The van der Waals surface area contributed by atoms with Crippen molar-refractivity contribution in [2.45, 2.75) is 5.92 Å². The first-order valence-electron chi connectivity index (χ1n) is 6.47. The molecule has 1 amide bonds. The van der Waals surface area contributed by atoms with E-state index in [-0.39, 0.29) is 11.8 Å². The molecule has 0 bridgehead atoms. The zero-order chi connectivity index (χ0) is 14.3.